The van der Waals surface area contributed by atoms with Gasteiger partial charge in [-0.05, 0) is 54.2 Å². The minimum absolute atomic E-state index is 0.222. The number of hydrogen-bond acceptors (Lipinski definition) is 6. The third-order valence-corrected chi connectivity index (χ3v) is 6.96. The molecule has 1 heterocycles. The number of nitrogens with zero attached hydrogens (tertiary/aromatic N) is 1. The molecule has 0 radical (unpaired) electrons. The van der Waals surface area contributed by atoms with Crippen LogP contribution in [0.2, 0.25) is 0 Å². The quantitative estimate of drug-likeness (QED) is 0.301. The van der Waals surface area contributed by atoms with Crippen molar-refractivity contribution in [1.29, 1.82) is 0 Å². The second-order valence-corrected chi connectivity index (χ2v) is 10.6. The molecule has 34 heavy (non-hydrogen) atoms. The average molecular weight is 468 g/mol. The Balaban J connectivity index is 1.80. The zero-order chi connectivity index (χ0) is 25.0. The number of benzene rings is 1. The number of nitrogens with two attached hydrogens (primary N) is 2. The van der Waals surface area contributed by atoms with Gasteiger partial charge in [-0.3, -0.25) is 4.79 Å². The third-order valence-electron chi connectivity index (χ3n) is 6.96. The summed E-state index contributed by atoms with van der Waals surface area (Å²) < 4.78 is 12.0. The van der Waals surface area contributed by atoms with Gasteiger partial charge in [0.25, 0.3) is 0 Å². The van der Waals surface area contributed by atoms with Crippen LogP contribution in [0.1, 0.15) is 71.4 Å². The van der Waals surface area contributed by atoms with Crippen molar-refractivity contribution in [3.63, 3.8) is 0 Å². The zero-order valence-electron chi connectivity index (χ0n) is 21.3. The molecule has 4 atom stereocenters. The van der Waals surface area contributed by atoms with Gasteiger partial charge in [-0.2, -0.15) is 0 Å². The molecular formula is C28H41N3O3. The van der Waals surface area contributed by atoms with Gasteiger partial charge in [0.2, 0.25) is 0 Å². The van der Waals surface area contributed by atoms with Crippen LogP contribution in [0.25, 0.3) is 11.1 Å². The van der Waals surface area contributed by atoms with Gasteiger partial charge >= 0.3 is 0 Å². The highest BCUT2D eigenvalue weighted by molar-refractivity contribution is 5.94. The fraction of sp³-hybridized carbons (Fsp3) is 0.536. The molecule has 186 valence electrons. The van der Waals surface area contributed by atoms with E-state index in [0.29, 0.717) is 17.2 Å². The summed E-state index contributed by atoms with van der Waals surface area (Å²) in [4.78, 5) is 12.3. The van der Waals surface area contributed by atoms with Crippen molar-refractivity contribution in [3.8, 4) is 0 Å². The largest absolute Gasteiger partial charge is 0.399 e. The molecule has 0 bridgehead atoms. The third kappa shape index (κ3) is 5.80. The Morgan fingerprint density at radius 2 is 2.03 bits per heavy atom. The summed E-state index contributed by atoms with van der Waals surface area (Å²) in [5, 5.41) is 1.57. The molecule has 1 aromatic rings. The van der Waals surface area contributed by atoms with E-state index < -0.39 is 0 Å². The van der Waals surface area contributed by atoms with Gasteiger partial charge < -0.3 is 20.2 Å². The van der Waals surface area contributed by atoms with Gasteiger partial charge in [-0.1, -0.05) is 64.1 Å². The van der Waals surface area contributed by atoms with E-state index >= 15 is 0 Å². The molecule has 1 saturated heterocycles. The van der Waals surface area contributed by atoms with Crippen molar-refractivity contribution in [1.82, 2.24) is 5.01 Å². The number of carbonyl (C=O) groups excluding carboxylic acids is 1. The van der Waals surface area contributed by atoms with Gasteiger partial charge in [0.15, 0.2) is 6.29 Å². The fourth-order valence-electron chi connectivity index (χ4n) is 5.37. The first-order valence-corrected chi connectivity index (χ1v) is 12.3. The lowest BCUT2D eigenvalue weighted by Crippen LogP contribution is -2.46. The summed E-state index contributed by atoms with van der Waals surface area (Å²) in [6.45, 7) is 14.9. The lowest BCUT2D eigenvalue weighted by atomic mass is 9.83. The molecule has 4 unspecified atom stereocenters. The number of aldehydes is 1. The Morgan fingerprint density at radius 3 is 2.68 bits per heavy atom. The smallest absolute Gasteiger partial charge is 0.158 e. The Morgan fingerprint density at radius 1 is 1.32 bits per heavy atom. The van der Waals surface area contributed by atoms with Crippen LogP contribution in [0, 0.1) is 11.3 Å². The van der Waals surface area contributed by atoms with Crippen molar-refractivity contribution < 1.29 is 14.3 Å². The summed E-state index contributed by atoms with van der Waals surface area (Å²) >= 11 is 0. The first-order chi connectivity index (χ1) is 16.1. The molecule has 4 N–H and O–H groups in total. The molecule has 0 spiro atoms. The van der Waals surface area contributed by atoms with Crippen molar-refractivity contribution >= 4 is 17.4 Å². The standard InChI is InChI=1S/C28H41N3O3/c1-7-21-12-19(4)13-26(34-21)33-17-20(29)15-31(30)27-25(16-32)24(14-28(27,5)6)23-11-9-8-10-22(23)18(2)3/h8-11,15-16,19,21,26-27H,2,7,12-14,17,29-30H2,1,3-6H3/b20-15-. The average Bonchev–Trinajstić information content (AvgIpc) is 3.07. The number of rotatable bonds is 9. The molecule has 1 aliphatic heterocycles. The maximum Gasteiger partial charge on any atom is 0.158 e. The minimum Gasteiger partial charge on any atom is -0.399 e. The summed E-state index contributed by atoms with van der Waals surface area (Å²) in [6, 6.07) is 7.76. The van der Waals surface area contributed by atoms with E-state index in [4.69, 9.17) is 21.1 Å². The van der Waals surface area contributed by atoms with E-state index in [-0.39, 0.29) is 30.5 Å². The van der Waals surface area contributed by atoms with Crippen LogP contribution in [0.5, 0.6) is 0 Å². The maximum atomic E-state index is 12.3. The summed E-state index contributed by atoms with van der Waals surface area (Å²) in [5.41, 5.74) is 11.3. The molecule has 2 aliphatic rings. The summed E-state index contributed by atoms with van der Waals surface area (Å²) in [7, 11) is 0. The number of carbonyl (C=O) groups is 1. The predicted molar refractivity (Wildman–Crippen MR) is 138 cm³/mol. The second-order valence-electron chi connectivity index (χ2n) is 10.6. The normalized spacial score (nSPS) is 27.1. The van der Waals surface area contributed by atoms with E-state index in [1.807, 2.05) is 25.1 Å². The van der Waals surface area contributed by atoms with E-state index in [1.165, 1.54) is 0 Å². The molecule has 1 aromatic carbocycles. The number of hydrazine groups is 1. The zero-order valence-corrected chi connectivity index (χ0v) is 21.3. The maximum absolute atomic E-state index is 12.3. The molecule has 0 aromatic heterocycles. The highest BCUT2D eigenvalue weighted by Crippen LogP contribution is 2.48. The molecule has 1 aliphatic carbocycles. The Hall–Kier alpha value is -2.41. The predicted octanol–water partition coefficient (Wildman–Crippen LogP) is 5.01. The monoisotopic (exact) mass is 467 g/mol. The highest BCUT2D eigenvalue weighted by Gasteiger charge is 2.44. The number of hydrogen-bond donors (Lipinski definition) is 2. The lowest BCUT2D eigenvalue weighted by Gasteiger charge is -2.35. The number of ether oxygens (including phenoxy) is 2. The van der Waals surface area contributed by atoms with Crippen molar-refractivity contribution in [2.45, 2.75) is 78.7 Å². The van der Waals surface area contributed by atoms with E-state index in [1.54, 1.807) is 11.2 Å². The Labute approximate surface area is 204 Å². The first kappa shape index (κ1) is 26.2. The molecule has 3 rings (SSSR count). The number of allylic oxidation sites excluding steroid dienone is 2. The molecule has 1 fully saturated rings. The lowest BCUT2D eigenvalue weighted by molar-refractivity contribution is -0.200. The van der Waals surface area contributed by atoms with Gasteiger partial charge in [0.05, 0.1) is 24.4 Å². The van der Waals surface area contributed by atoms with Crippen molar-refractivity contribution in [3.05, 3.63) is 59.4 Å². The van der Waals surface area contributed by atoms with Gasteiger partial charge in [0.1, 0.15) is 6.29 Å². The van der Waals surface area contributed by atoms with E-state index in [2.05, 4.69) is 40.3 Å². The van der Waals surface area contributed by atoms with Crippen LogP contribution in [-0.4, -0.2) is 36.3 Å². The van der Waals surface area contributed by atoms with E-state index in [0.717, 1.165) is 54.2 Å². The van der Waals surface area contributed by atoms with Crippen molar-refractivity contribution in [2.75, 3.05) is 6.61 Å². The van der Waals surface area contributed by atoms with Crippen LogP contribution in [0.15, 0.2) is 48.3 Å². The van der Waals surface area contributed by atoms with Gasteiger partial charge in [-0.25, -0.2) is 5.84 Å². The summed E-state index contributed by atoms with van der Waals surface area (Å²) in [6.07, 6.45) is 6.21. The minimum atomic E-state index is -0.313. The molecule has 6 heteroatoms. The van der Waals surface area contributed by atoms with Crippen LogP contribution in [0.3, 0.4) is 0 Å². The van der Waals surface area contributed by atoms with Gasteiger partial charge in [0, 0.05) is 18.2 Å². The summed E-state index contributed by atoms with van der Waals surface area (Å²) in [5.74, 6) is 7.07. The van der Waals surface area contributed by atoms with E-state index in [9.17, 15) is 4.79 Å². The van der Waals surface area contributed by atoms with Crippen molar-refractivity contribution in [2.24, 2.45) is 22.9 Å². The molecular weight excluding hydrogens is 426 g/mol. The molecule has 6 nitrogen and oxygen atoms in total. The van der Waals surface area contributed by atoms with Crippen LogP contribution < -0.4 is 11.6 Å². The van der Waals surface area contributed by atoms with Crippen LogP contribution >= 0.6 is 0 Å². The highest BCUT2D eigenvalue weighted by atomic mass is 16.7. The second kappa shape index (κ2) is 10.9. The fourth-order valence-corrected chi connectivity index (χ4v) is 5.37. The molecule has 0 saturated carbocycles. The van der Waals surface area contributed by atoms with Crippen LogP contribution in [0.4, 0.5) is 0 Å². The topological polar surface area (TPSA) is 90.8 Å². The Kier molecular flexibility index (Phi) is 8.39. The Bertz CT molecular complexity index is 965. The SMILES string of the molecule is C=C(C)c1ccccc1C1=C(C=O)C(N(N)/C=C(\N)COC2CC(C)CC(CC)O2)C(C)(C)C1. The first-order valence-electron chi connectivity index (χ1n) is 12.3. The van der Waals surface area contributed by atoms with Gasteiger partial charge in [-0.15, -0.1) is 0 Å². The van der Waals surface area contributed by atoms with Crippen LogP contribution in [-0.2, 0) is 14.3 Å². The molecule has 0 amide bonds.